The minimum atomic E-state index is -1.33. The van der Waals surface area contributed by atoms with Crippen molar-refractivity contribution in [3.05, 3.63) is 20.4 Å². The lowest BCUT2D eigenvalue weighted by molar-refractivity contribution is -0.123. The molecule has 2 atom stereocenters. The van der Waals surface area contributed by atoms with E-state index in [-0.39, 0.29) is 28.7 Å². The van der Waals surface area contributed by atoms with Crippen molar-refractivity contribution in [1.29, 1.82) is 0 Å². The van der Waals surface area contributed by atoms with E-state index < -0.39 is 29.4 Å². The lowest BCUT2D eigenvalue weighted by Gasteiger charge is -2.35. The fourth-order valence-electron chi connectivity index (χ4n) is 2.67. The Hall–Kier alpha value is -1.62. The molecule has 0 unspecified atom stereocenters. The first-order valence-electron chi connectivity index (χ1n) is 9.57. The van der Waals surface area contributed by atoms with Crippen LogP contribution in [-0.2, 0) is 4.79 Å². The van der Waals surface area contributed by atoms with Gasteiger partial charge in [-0.2, -0.15) is 0 Å². The van der Waals surface area contributed by atoms with Crippen molar-refractivity contribution in [2.45, 2.75) is 53.6 Å². The predicted octanol–water partition coefficient (Wildman–Crippen LogP) is 2.77. The van der Waals surface area contributed by atoms with E-state index >= 15 is 0 Å². The molecule has 0 saturated heterocycles. The molecule has 3 N–H and O–H groups in total. The number of nitrogens with zero attached hydrogens (tertiary/aromatic N) is 1. The summed E-state index contributed by atoms with van der Waals surface area (Å²) in [5, 5.41) is 8.88. The van der Waals surface area contributed by atoms with Crippen LogP contribution in [0.2, 0.25) is 0 Å². The normalized spacial score (nSPS) is 15.1. The van der Waals surface area contributed by atoms with Crippen LogP contribution < -0.4 is 26.8 Å². The first-order valence-corrected chi connectivity index (χ1v) is 12.7. The van der Waals surface area contributed by atoms with Crippen molar-refractivity contribution in [2.24, 2.45) is 15.6 Å². The van der Waals surface area contributed by atoms with Crippen molar-refractivity contribution in [2.75, 3.05) is 44.2 Å². The molecule has 0 aliphatic carbocycles. The summed E-state index contributed by atoms with van der Waals surface area (Å²) in [5.74, 6) is -0.230. The van der Waals surface area contributed by atoms with Crippen LogP contribution in [0.5, 0.6) is 0 Å². The van der Waals surface area contributed by atoms with E-state index in [1.165, 1.54) is 0 Å². The SMILES string of the molecule is CNC(=O)[C@@H](Nc1c(N[C@H](CN=P(C)(C)C)C(C)(C)C)c(=O)c1=O)C(C)(C)C. The van der Waals surface area contributed by atoms with Gasteiger partial charge in [-0.05, 0) is 37.9 Å². The largest absolute Gasteiger partial charge is 0.375 e. The van der Waals surface area contributed by atoms with Gasteiger partial charge in [0, 0.05) is 7.05 Å². The summed E-state index contributed by atoms with van der Waals surface area (Å²) in [6.45, 7) is 18.9. The maximum absolute atomic E-state index is 12.3. The zero-order valence-corrected chi connectivity index (χ0v) is 19.9. The number of likely N-dealkylation sites (N-methyl/N-ethyl adjacent to an activating group) is 1. The van der Waals surface area contributed by atoms with Crippen LogP contribution in [0.4, 0.5) is 11.4 Å². The Labute approximate surface area is 168 Å². The highest BCUT2D eigenvalue weighted by molar-refractivity contribution is 7.64. The third-order valence-electron chi connectivity index (χ3n) is 4.63. The van der Waals surface area contributed by atoms with Crippen LogP contribution in [0.3, 0.4) is 0 Å². The second kappa shape index (κ2) is 8.40. The summed E-state index contributed by atoms with van der Waals surface area (Å²) < 4.78 is 4.79. The molecule has 160 valence electrons. The second-order valence-electron chi connectivity index (χ2n) is 10.3. The molecular weight excluding hydrogens is 375 g/mol. The average Bonchev–Trinajstić information content (AvgIpc) is 2.52. The molecule has 28 heavy (non-hydrogen) atoms. The number of carbonyl (C=O) groups is 1. The summed E-state index contributed by atoms with van der Waals surface area (Å²) >= 11 is 0. The number of nitrogens with one attached hydrogen (secondary N) is 3. The van der Waals surface area contributed by atoms with Crippen LogP contribution in [0.25, 0.3) is 0 Å². The Balaban J connectivity index is 3.23. The number of rotatable bonds is 7. The molecule has 1 aromatic rings. The summed E-state index contributed by atoms with van der Waals surface area (Å²) in [6, 6.07) is -0.747. The number of amides is 1. The molecule has 0 bridgehead atoms. The van der Waals surface area contributed by atoms with Gasteiger partial charge in [0.1, 0.15) is 17.4 Å². The molecule has 1 rings (SSSR count). The first kappa shape index (κ1) is 24.4. The zero-order chi connectivity index (χ0) is 22.1. The van der Waals surface area contributed by atoms with E-state index in [4.69, 9.17) is 4.74 Å². The molecule has 8 heteroatoms. The molecule has 7 nitrogen and oxygen atoms in total. The van der Waals surface area contributed by atoms with Crippen LogP contribution in [0.15, 0.2) is 14.3 Å². The van der Waals surface area contributed by atoms with E-state index in [9.17, 15) is 14.4 Å². The molecule has 1 aromatic carbocycles. The van der Waals surface area contributed by atoms with Crippen molar-refractivity contribution in [3.63, 3.8) is 0 Å². The van der Waals surface area contributed by atoms with Crippen LogP contribution in [0, 0.1) is 10.8 Å². The monoisotopic (exact) mass is 412 g/mol. The summed E-state index contributed by atoms with van der Waals surface area (Å²) in [4.78, 5) is 36.8. The summed E-state index contributed by atoms with van der Waals surface area (Å²) in [6.07, 6.45) is 0. The van der Waals surface area contributed by atoms with Gasteiger partial charge in [-0.25, -0.2) is 0 Å². The highest BCUT2D eigenvalue weighted by Crippen LogP contribution is 2.37. The second-order valence-corrected chi connectivity index (χ2v) is 14.5. The van der Waals surface area contributed by atoms with Crippen molar-refractivity contribution < 1.29 is 4.79 Å². The average molecular weight is 413 g/mol. The van der Waals surface area contributed by atoms with E-state index in [0.29, 0.717) is 6.54 Å². The number of hydrogen-bond acceptors (Lipinski definition) is 6. The van der Waals surface area contributed by atoms with E-state index in [1.54, 1.807) is 7.05 Å². The predicted molar refractivity (Wildman–Crippen MR) is 121 cm³/mol. The third kappa shape index (κ3) is 6.20. The number of hydrogen-bond donors (Lipinski definition) is 3. The van der Waals surface area contributed by atoms with Crippen LogP contribution in [0.1, 0.15) is 41.5 Å². The lowest BCUT2D eigenvalue weighted by atomic mass is 9.85. The standard InChI is InChI=1S/C20H37N4O3P/c1-19(2,3)12(11-22-28(8,9)10)23-13-14(16(26)15(13)25)24-17(18(27)21-7)20(4,5)6/h12,17,23-24H,11H2,1-10H3,(H,21,27)/t12-,17-/m1/s1. The van der Waals surface area contributed by atoms with Gasteiger partial charge in [0.05, 0.1) is 12.6 Å². The lowest BCUT2D eigenvalue weighted by Crippen LogP contribution is -2.51. The van der Waals surface area contributed by atoms with Crippen LogP contribution >= 0.6 is 7.05 Å². The molecule has 0 fully saturated rings. The van der Waals surface area contributed by atoms with Gasteiger partial charge in [0.2, 0.25) is 5.91 Å². The number of carbonyl (C=O) groups excluding carboxylic acids is 1. The number of anilines is 2. The zero-order valence-electron chi connectivity index (χ0n) is 19.0. The molecule has 1 amide bonds. The maximum Gasteiger partial charge on any atom is 0.253 e. The molecular formula is C20H37N4O3P. The Morgan fingerprint density at radius 1 is 0.929 bits per heavy atom. The van der Waals surface area contributed by atoms with Gasteiger partial charge >= 0.3 is 0 Å². The van der Waals surface area contributed by atoms with Crippen molar-refractivity contribution in [3.8, 4) is 0 Å². The topological polar surface area (TPSA) is 99.7 Å². The molecule has 0 aromatic heterocycles. The van der Waals surface area contributed by atoms with Gasteiger partial charge < -0.3 is 20.7 Å². The molecule has 0 radical (unpaired) electrons. The quantitative estimate of drug-likeness (QED) is 0.472. The van der Waals surface area contributed by atoms with E-state index in [0.717, 1.165) is 0 Å². The fraction of sp³-hybridized carbons (Fsp3) is 0.750. The Morgan fingerprint density at radius 3 is 1.75 bits per heavy atom. The molecule has 0 aliphatic rings. The van der Waals surface area contributed by atoms with Gasteiger partial charge in [0.15, 0.2) is 0 Å². The van der Waals surface area contributed by atoms with Gasteiger partial charge in [-0.1, -0.05) is 41.5 Å². The highest BCUT2D eigenvalue weighted by Gasteiger charge is 2.35. The maximum atomic E-state index is 12.3. The summed E-state index contributed by atoms with van der Waals surface area (Å²) in [7, 11) is 0.223. The first-order chi connectivity index (χ1) is 12.5. The summed E-state index contributed by atoms with van der Waals surface area (Å²) in [5.41, 5.74) is -1.30. The smallest absolute Gasteiger partial charge is 0.253 e. The Kier molecular flexibility index (Phi) is 7.32. The highest BCUT2D eigenvalue weighted by atomic mass is 31.2. The fourth-order valence-corrected chi connectivity index (χ4v) is 3.32. The van der Waals surface area contributed by atoms with Gasteiger partial charge in [0.25, 0.3) is 10.9 Å². The van der Waals surface area contributed by atoms with E-state index in [2.05, 4.69) is 56.7 Å². The molecule has 0 heterocycles. The van der Waals surface area contributed by atoms with Crippen molar-refractivity contribution >= 4 is 24.3 Å². The van der Waals surface area contributed by atoms with Crippen molar-refractivity contribution in [1.82, 2.24) is 5.32 Å². The van der Waals surface area contributed by atoms with E-state index in [1.807, 2.05) is 20.8 Å². The molecule has 0 aliphatic heterocycles. The minimum absolute atomic E-state index is 0.108. The van der Waals surface area contributed by atoms with Crippen LogP contribution in [-0.4, -0.2) is 51.6 Å². The third-order valence-corrected chi connectivity index (χ3v) is 5.64. The minimum Gasteiger partial charge on any atom is -0.375 e. The molecule has 0 saturated carbocycles. The van der Waals surface area contributed by atoms with Gasteiger partial charge in [-0.3, -0.25) is 14.4 Å². The Bertz CT molecular complexity index is 825. The Morgan fingerprint density at radius 2 is 1.39 bits per heavy atom. The van der Waals surface area contributed by atoms with Gasteiger partial charge in [-0.15, -0.1) is 0 Å². The molecule has 0 spiro atoms.